The van der Waals surface area contributed by atoms with Gasteiger partial charge in [0.25, 0.3) is 0 Å². The molecule has 0 aliphatic heterocycles. The van der Waals surface area contributed by atoms with E-state index in [0.29, 0.717) is 164 Å². The predicted molar refractivity (Wildman–Crippen MR) is 229 cm³/mol. The predicted octanol–water partition coefficient (Wildman–Crippen LogP) is 0.101. The van der Waals surface area contributed by atoms with Gasteiger partial charge in [-0.15, -0.1) is 0 Å². The van der Waals surface area contributed by atoms with Crippen LogP contribution in [0.25, 0.3) is 10.4 Å². The Morgan fingerprint density at radius 3 is 1.44 bits per heavy atom. The largest absolute Gasteiger partial charge is 0.379 e. The molecule has 23 nitrogen and oxygen atoms in total. The first kappa shape index (κ1) is 59.9. The summed E-state index contributed by atoms with van der Waals surface area (Å²) < 4.78 is 64.5. The molecule has 0 fully saturated rings. The first-order valence-electron chi connectivity index (χ1n) is 21.9. The van der Waals surface area contributed by atoms with Crippen molar-refractivity contribution in [2.75, 3.05) is 185 Å². The van der Waals surface area contributed by atoms with Crippen LogP contribution in [0, 0.1) is 0 Å². The number of azide groups is 1. The van der Waals surface area contributed by atoms with Crippen molar-refractivity contribution in [2.24, 2.45) is 10.8 Å². The van der Waals surface area contributed by atoms with Crippen LogP contribution in [0.15, 0.2) is 5.11 Å². The van der Waals surface area contributed by atoms with Crippen LogP contribution in [0.2, 0.25) is 0 Å². The number of nitrogens with one attached hydrogen (secondary N) is 3. The number of carbonyl (C=O) groups excluding carboxylic acids is 4. The number of hydrogen-bond donors (Lipinski definition) is 4. The van der Waals surface area contributed by atoms with E-state index in [1.807, 2.05) is 6.92 Å². The van der Waals surface area contributed by atoms with Crippen LogP contribution < -0.4 is 21.7 Å². The van der Waals surface area contributed by atoms with Crippen LogP contribution in [-0.2, 0) is 76.0 Å². The normalized spacial score (nSPS) is 11.6. The fraction of sp³-hybridized carbons (Fsp3) is 0.900. The Hall–Kier alpha value is -3.13. The molecule has 0 aromatic carbocycles. The lowest BCUT2D eigenvalue weighted by molar-refractivity contribution is -0.131. The maximum atomic E-state index is 13.1. The summed E-state index contributed by atoms with van der Waals surface area (Å²) in [5, 5.41) is 11.6. The highest BCUT2D eigenvalue weighted by Crippen LogP contribution is 2.07. The average molecular weight is 912 g/mol. The Morgan fingerprint density at radius 2 is 0.937 bits per heavy atom. The lowest BCUT2D eigenvalue weighted by Gasteiger charge is -2.18. The SMILES string of the molecule is CCCOCCOCCOCCCC(=O)[C@H](CCCCNC(=O)COCCOCCOCCN=[N+]=[N-])NC(=O)COCCOCCOCCNC(=O)COCCOCCOCCN. The summed E-state index contributed by atoms with van der Waals surface area (Å²) in [6, 6.07) is -0.717. The fourth-order valence-corrected chi connectivity index (χ4v) is 4.87. The van der Waals surface area contributed by atoms with E-state index in [2.05, 4.69) is 26.0 Å². The zero-order valence-electron chi connectivity index (χ0n) is 37.6. The number of nitrogens with two attached hydrogens (primary N) is 1. The van der Waals surface area contributed by atoms with Crippen molar-refractivity contribution in [2.45, 2.75) is 51.5 Å². The molecule has 23 heteroatoms. The number of carbonyl (C=O) groups is 4. The van der Waals surface area contributed by atoms with Crippen molar-refractivity contribution in [3.63, 3.8) is 0 Å². The monoisotopic (exact) mass is 912 g/mol. The van der Waals surface area contributed by atoms with Gasteiger partial charge in [-0.2, -0.15) is 0 Å². The minimum Gasteiger partial charge on any atom is -0.379 e. The van der Waals surface area contributed by atoms with Crippen LogP contribution in [0.5, 0.6) is 0 Å². The average Bonchev–Trinajstić information content (AvgIpc) is 3.28. The van der Waals surface area contributed by atoms with E-state index in [0.717, 1.165) is 6.42 Å². The number of amides is 3. The van der Waals surface area contributed by atoms with Crippen molar-refractivity contribution in [1.29, 1.82) is 0 Å². The lowest BCUT2D eigenvalue weighted by Crippen LogP contribution is -2.42. The van der Waals surface area contributed by atoms with Crippen LogP contribution in [0.3, 0.4) is 0 Å². The molecule has 368 valence electrons. The van der Waals surface area contributed by atoms with Crippen molar-refractivity contribution >= 4 is 23.5 Å². The smallest absolute Gasteiger partial charge is 0.246 e. The third kappa shape index (κ3) is 46.7. The van der Waals surface area contributed by atoms with Gasteiger partial charge in [-0.1, -0.05) is 12.0 Å². The topological polar surface area (TPSA) is 290 Å². The zero-order chi connectivity index (χ0) is 45.9. The van der Waals surface area contributed by atoms with Gasteiger partial charge in [0.15, 0.2) is 5.78 Å². The summed E-state index contributed by atoms with van der Waals surface area (Å²) in [6.45, 7) is 10.9. The van der Waals surface area contributed by atoms with Gasteiger partial charge in [0.05, 0.1) is 132 Å². The van der Waals surface area contributed by atoms with Gasteiger partial charge in [-0.25, -0.2) is 0 Å². The molecule has 63 heavy (non-hydrogen) atoms. The summed E-state index contributed by atoms with van der Waals surface area (Å²) >= 11 is 0. The van der Waals surface area contributed by atoms with E-state index in [-0.39, 0.29) is 70.2 Å². The number of ether oxygens (including phenoxy) is 12. The minimum atomic E-state index is -0.717. The molecule has 0 rings (SSSR count). The second-order valence-electron chi connectivity index (χ2n) is 13.3. The maximum Gasteiger partial charge on any atom is 0.246 e. The fourth-order valence-electron chi connectivity index (χ4n) is 4.87. The first-order valence-corrected chi connectivity index (χ1v) is 21.9. The van der Waals surface area contributed by atoms with Gasteiger partial charge in [0.2, 0.25) is 17.7 Å². The van der Waals surface area contributed by atoms with Crippen LogP contribution >= 0.6 is 0 Å². The van der Waals surface area contributed by atoms with E-state index in [9.17, 15) is 19.2 Å². The number of hydrogen-bond acceptors (Lipinski definition) is 18. The second-order valence-corrected chi connectivity index (χ2v) is 13.3. The third-order valence-electron chi connectivity index (χ3n) is 7.93. The highest BCUT2D eigenvalue weighted by atomic mass is 16.6. The number of Topliss-reactive ketones (excluding diaryl/α,β-unsaturated/α-hetero) is 1. The standard InChI is InChI=1S/C40H77N7O16/c1-2-12-52-17-22-57-23-18-53-13-5-7-37(48)36(6-3-4-9-43-38(49)33-61-30-28-60-26-21-56-16-11-45-47-42)46-40(51)35-63-32-29-59-25-20-55-15-10-44-39(50)34-62-31-27-58-24-19-54-14-8-41/h36H,2-35,41H2,1H3,(H,43,49)(H,44,50)(H,46,51)/t36-/m0/s1. The molecule has 0 aliphatic rings. The zero-order valence-corrected chi connectivity index (χ0v) is 37.6. The summed E-state index contributed by atoms with van der Waals surface area (Å²) in [7, 11) is 0. The number of nitrogens with zero attached hydrogens (tertiary/aromatic N) is 3. The Bertz CT molecular complexity index is 1130. The molecule has 0 bridgehead atoms. The third-order valence-corrected chi connectivity index (χ3v) is 7.93. The Morgan fingerprint density at radius 1 is 0.508 bits per heavy atom. The molecule has 0 saturated carbocycles. The Balaban J connectivity index is 4.25. The van der Waals surface area contributed by atoms with Crippen molar-refractivity contribution in [3.8, 4) is 0 Å². The molecular weight excluding hydrogens is 834 g/mol. The first-order chi connectivity index (χ1) is 30.9. The minimum absolute atomic E-state index is 0.0757. The summed E-state index contributed by atoms with van der Waals surface area (Å²) in [5.74, 6) is -1.07. The van der Waals surface area contributed by atoms with Gasteiger partial charge < -0.3 is 78.5 Å². The molecule has 0 radical (unpaired) electrons. The maximum absolute atomic E-state index is 13.1. The van der Waals surface area contributed by atoms with Gasteiger partial charge in [-0.05, 0) is 37.6 Å². The van der Waals surface area contributed by atoms with Crippen molar-refractivity contribution in [3.05, 3.63) is 10.4 Å². The van der Waals surface area contributed by atoms with E-state index < -0.39 is 11.9 Å². The Kier molecular flexibility index (Phi) is 47.4. The molecule has 0 saturated heterocycles. The van der Waals surface area contributed by atoms with Crippen molar-refractivity contribution in [1.82, 2.24) is 16.0 Å². The molecule has 3 amide bonds. The highest BCUT2D eigenvalue weighted by molar-refractivity contribution is 5.89. The summed E-state index contributed by atoms with van der Waals surface area (Å²) in [5.41, 5.74) is 13.6. The van der Waals surface area contributed by atoms with Gasteiger partial charge in [0, 0.05) is 50.7 Å². The molecule has 5 N–H and O–H groups in total. The van der Waals surface area contributed by atoms with Gasteiger partial charge in [0.1, 0.15) is 19.8 Å². The van der Waals surface area contributed by atoms with Crippen LogP contribution in [0.4, 0.5) is 0 Å². The van der Waals surface area contributed by atoms with Crippen LogP contribution in [0.1, 0.15) is 45.4 Å². The molecule has 1 atom stereocenters. The number of rotatable bonds is 51. The van der Waals surface area contributed by atoms with Gasteiger partial charge in [-0.3, -0.25) is 19.2 Å². The highest BCUT2D eigenvalue weighted by Gasteiger charge is 2.20. The molecule has 0 spiro atoms. The van der Waals surface area contributed by atoms with E-state index in [1.165, 1.54) is 0 Å². The number of unbranched alkanes of at least 4 members (excludes halogenated alkanes) is 1. The molecular formula is C40H77N7O16. The Labute approximate surface area is 372 Å². The van der Waals surface area contributed by atoms with Crippen LogP contribution in [-0.4, -0.2) is 214 Å². The second kappa shape index (κ2) is 49.9. The summed E-state index contributed by atoms with van der Waals surface area (Å²) in [6.07, 6.45) is 3.23. The molecule has 0 unspecified atom stereocenters. The molecule has 0 aliphatic carbocycles. The molecule has 0 aromatic rings. The molecule has 0 aromatic heterocycles. The summed E-state index contributed by atoms with van der Waals surface area (Å²) in [4.78, 5) is 52.5. The lowest BCUT2D eigenvalue weighted by atomic mass is 10.0. The quantitative estimate of drug-likeness (QED) is 0.0272. The molecule has 0 heterocycles. The van der Waals surface area contributed by atoms with E-state index in [4.69, 9.17) is 68.1 Å². The van der Waals surface area contributed by atoms with Crippen molar-refractivity contribution < 1.29 is 76.0 Å². The number of ketones is 1. The van der Waals surface area contributed by atoms with E-state index in [1.54, 1.807) is 0 Å². The van der Waals surface area contributed by atoms with E-state index >= 15 is 0 Å². The van der Waals surface area contributed by atoms with Gasteiger partial charge >= 0.3 is 0 Å².